The van der Waals surface area contributed by atoms with E-state index in [9.17, 15) is 9.59 Å². The summed E-state index contributed by atoms with van der Waals surface area (Å²) in [5.41, 5.74) is 0.597. The van der Waals surface area contributed by atoms with Gasteiger partial charge in [-0.15, -0.1) is 0 Å². The molecular formula is C20H30N2O4. The maximum atomic E-state index is 12.4. The molecule has 0 bridgehead atoms. The zero-order valence-electron chi connectivity index (χ0n) is 16.3. The van der Waals surface area contributed by atoms with Crippen molar-refractivity contribution >= 4 is 12.1 Å². The Kier molecular flexibility index (Phi) is 6.64. The number of amides is 1. The van der Waals surface area contributed by atoms with E-state index in [0.717, 1.165) is 5.56 Å². The predicted molar refractivity (Wildman–Crippen MR) is 99.7 cm³/mol. The van der Waals surface area contributed by atoms with Gasteiger partial charge in [-0.3, -0.25) is 4.79 Å². The third-order valence-corrected chi connectivity index (χ3v) is 4.53. The highest BCUT2D eigenvalue weighted by Crippen LogP contribution is 2.24. The Morgan fingerprint density at radius 2 is 1.88 bits per heavy atom. The third kappa shape index (κ3) is 5.46. The van der Waals surface area contributed by atoms with Crippen LogP contribution in [0, 0.1) is 5.92 Å². The van der Waals surface area contributed by atoms with Gasteiger partial charge in [0, 0.05) is 25.2 Å². The van der Waals surface area contributed by atoms with Gasteiger partial charge in [0.2, 0.25) is 0 Å². The summed E-state index contributed by atoms with van der Waals surface area (Å²) in [7, 11) is 1.38. The number of piperidine rings is 1. The van der Waals surface area contributed by atoms with E-state index in [1.54, 1.807) is 4.90 Å². The van der Waals surface area contributed by atoms with Crippen LogP contribution < -0.4 is 5.32 Å². The number of hydrogen-bond acceptors (Lipinski definition) is 5. The second-order valence-corrected chi connectivity index (χ2v) is 7.75. The van der Waals surface area contributed by atoms with Crippen molar-refractivity contribution < 1.29 is 19.1 Å². The van der Waals surface area contributed by atoms with Gasteiger partial charge in [-0.25, -0.2) is 4.79 Å². The van der Waals surface area contributed by atoms with Crippen LogP contribution in [0.3, 0.4) is 0 Å². The maximum Gasteiger partial charge on any atom is 0.410 e. The van der Waals surface area contributed by atoms with Gasteiger partial charge in [0.05, 0.1) is 13.0 Å². The first-order chi connectivity index (χ1) is 12.2. The van der Waals surface area contributed by atoms with Crippen LogP contribution in [0.15, 0.2) is 30.3 Å². The van der Waals surface area contributed by atoms with Crippen LogP contribution in [0.5, 0.6) is 0 Å². The molecule has 6 nitrogen and oxygen atoms in total. The van der Waals surface area contributed by atoms with Crippen molar-refractivity contribution in [2.45, 2.75) is 51.8 Å². The van der Waals surface area contributed by atoms with Crippen molar-refractivity contribution in [3.05, 3.63) is 35.9 Å². The van der Waals surface area contributed by atoms with Crippen molar-refractivity contribution in [2.24, 2.45) is 5.92 Å². The van der Waals surface area contributed by atoms with Gasteiger partial charge in [-0.2, -0.15) is 0 Å². The minimum atomic E-state index is -0.561. The molecule has 0 radical (unpaired) electrons. The van der Waals surface area contributed by atoms with Crippen LogP contribution in [0.2, 0.25) is 0 Å². The number of esters is 1. The number of ether oxygens (including phenoxy) is 2. The van der Waals surface area contributed by atoms with E-state index in [4.69, 9.17) is 9.47 Å². The van der Waals surface area contributed by atoms with Crippen LogP contribution in [0.1, 0.15) is 45.7 Å². The molecule has 1 aliphatic heterocycles. The van der Waals surface area contributed by atoms with Crippen molar-refractivity contribution in [1.29, 1.82) is 0 Å². The van der Waals surface area contributed by atoms with E-state index in [2.05, 4.69) is 24.4 Å². The number of methoxy groups -OCH3 is 1. The molecule has 0 spiro atoms. The van der Waals surface area contributed by atoms with Crippen molar-refractivity contribution in [3.63, 3.8) is 0 Å². The number of rotatable bonds is 4. The number of nitrogens with one attached hydrogen (secondary N) is 1. The Hall–Kier alpha value is -2.08. The summed E-state index contributed by atoms with van der Waals surface area (Å²) in [4.78, 5) is 26.3. The summed E-state index contributed by atoms with van der Waals surface area (Å²) in [5.74, 6) is -0.733. The average molecular weight is 362 g/mol. The molecule has 1 aromatic carbocycles. The first-order valence-corrected chi connectivity index (χ1v) is 9.08. The monoisotopic (exact) mass is 362 g/mol. The molecule has 1 heterocycles. The summed E-state index contributed by atoms with van der Waals surface area (Å²) in [6, 6.07) is 10.1. The SMILES string of the molecule is COC(=O)C1CN(C(=O)OC(C)(C)C)CCC1N[C@@H](C)c1ccccc1. The summed E-state index contributed by atoms with van der Waals surface area (Å²) >= 11 is 0. The van der Waals surface area contributed by atoms with Crippen LogP contribution in [0.25, 0.3) is 0 Å². The fourth-order valence-electron chi connectivity index (χ4n) is 3.19. The van der Waals surface area contributed by atoms with Crippen LogP contribution >= 0.6 is 0 Å². The normalized spacial score (nSPS) is 21.8. The lowest BCUT2D eigenvalue weighted by atomic mass is 9.91. The third-order valence-electron chi connectivity index (χ3n) is 4.53. The molecule has 0 saturated carbocycles. The topological polar surface area (TPSA) is 67.9 Å². The molecule has 144 valence electrons. The number of nitrogens with zero attached hydrogens (tertiary/aromatic N) is 1. The fourth-order valence-corrected chi connectivity index (χ4v) is 3.19. The minimum Gasteiger partial charge on any atom is -0.469 e. The van der Waals surface area contributed by atoms with Crippen LogP contribution in [0.4, 0.5) is 4.79 Å². The molecule has 0 aromatic heterocycles. The molecule has 1 saturated heterocycles. The molecule has 1 fully saturated rings. The summed E-state index contributed by atoms with van der Waals surface area (Å²) in [5, 5.41) is 3.53. The van der Waals surface area contributed by atoms with Crippen molar-refractivity contribution in [1.82, 2.24) is 10.2 Å². The van der Waals surface area contributed by atoms with Gasteiger partial charge in [0.25, 0.3) is 0 Å². The smallest absolute Gasteiger partial charge is 0.410 e. The van der Waals surface area contributed by atoms with Gasteiger partial charge in [0.1, 0.15) is 5.60 Å². The first kappa shape index (κ1) is 20.2. The van der Waals surface area contributed by atoms with E-state index in [-0.39, 0.29) is 24.1 Å². The molecular weight excluding hydrogens is 332 g/mol. The number of carbonyl (C=O) groups is 2. The van der Waals surface area contributed by atoms with Crippen molar-refractivity contribution in [2.75, 3.05) is 20.2 Å². The minimum absolute atomic E-state index is 0.0589. The Morgan fingerprint density at radius 1 is 1.23 bits per heavy atom. The molecule has 1 amide bonds. The Morgan fingerprint density at radius 3 is 2.46 bits per heavy atom. The number of carbonyl (C=O) groups excluding carboxylic acids is 2. The molecule has 1 aromatic rings. The summed E-state index contributed by atoms with van der Waals surface area (Å²) < 4.78 is 10.4. The quantitative estimate of drug-likeness (QED) is 0.834. The molecule has 6 heteroatoms. The van der Waals surface area contributed by atoms with Gasteiger partial charge in [-0.1, -0.05) is 30.3 Å². The van der Waals surface area contributed by atoms with Gasteiger partial charge >= 0.3 is 12.1 Å². The lowest BCUT2D eigenvalue weighted by Crippen LogP contribution is -2.55. The van der Waals surface area contributed by atoms with Gasteiger partial charge < -0.3 is 19.7 Å². The fraction of sp³-hybridized carbons (Fsp3) is 0.600. The number of likely N-dealkylation sites (tertiary alicyclic amines) is 1. The molecule has 2 rings (SSSR count). The molecule has 0 aliphatic carbocycles. The highest BCUT2D eigenvalue weighted by Gasteiger charge is 2.38. The largest absolute Gasteiger partial charge is 0.469 e. The number of benzene rings is 1. The lowest BCUT2D eigenvalue weighted by Gasteiger charge is -2.39. The molecule has 3 atom stereocenters. The predicted octanol–water partition coefficient (Wildman–Crippen LogP) is 3.14. The van der Waals surface area contributed by atoms with E-state index in [1.807, 2.05) is 39.0 Å². The van der Waals surface area contributed by atoms with E-state index < -0.39 is 11.5 Å². The Balaban J connectivity index is 2.06. The molecule has 1 N–H and O–H groups in total. The molecule has 1 aliphatic rings. The second-order valence-electron chi connectivity index (χ2n) is 7.75. The van der Waals surface area contributed by atoms with Gasteiger partial charge in [-0.05, 0) is 39.7 Å². The van der Waals surface area contributed by atoms with E-state index in [0.29, 0.717) is 19.5 Å². The van der Waals surface area contributed by atoms with E-state index in [1.165, 1.54) is 7.11 Å². The van der Waals surface area contributed by atoms with Crippen molar-refractivity contribution in [3.8, 4) is 0 Å². The highest BCUT2D eigenvalue weighted by atomic mass is 16.6. The van der Waals surface area contributed by atoms with Crippen LogP contribution in [-0.2, 0) is 14.3 Å². The Bertz CT molecular complexity index is 612. The highest BCUT2D eigenvalue weighted by molar-refractivity contribution is 5.75. The van der Waals surface area contributed by atoms with E-state index >= 15 is 0 Å². The molecule has 2 unspecified atom stereocenters. The summed E-state index contributed by atoms with van der Waals surface area (Å²) in [6.45, 7) is 8.40. The lowest BCUT2D eigenvalue weighted by molar-refractivity contribution is -0.148. The zero-order valence-corrected chi connectivity index (χ0v) is 16.3. The zero-order chi connectivity index (χ0) is 19.3. The first-order valence-electron chi connectivity index (χ1n) is 9.08. The maximum absolute atomic E-state index is 12.4. The van der Waals surface area contributed by atoms with Crippen LogP contribution in [-0.4, -0.2) is 48.8 Å². The molecule has 26 heavy (non-hydrogen) atoms. The average Bonchev–Trinajstić information content (AvgIpc) is 2.60. The Labute approximate surface area is 155 Å². The number of hydrogen-bond donors (Lipinski definition) is 1. The summed E-state index contributed by atoms with van der Waals surface area (Å²) in [6.07, 6.45) is 0.275. The standard InChI is InChI=1S/C20H30N2O4/c1-14(15-9-7-6-8-10-15)21-17-11-12-22(13-16(17)18(23)25-5)19(24)26-20(2,3)4/h6-10,14,16-17,21H,11-13H2,1-5H3/t14-,16?,17?/m0/s1. The second kappa shape index (κ2) is 8.54. The van der Waals surface area contributed by atoms with Gasteiger partial charge in [0.15, 0.2) is 0 Å².